The molecule has 0 saturated carbocycles. The molecule has 0 unspecified atom stereocenters. The largest absolute Gasteiger partial charge is 0.308 e. The first-order chi connectivity index (χ1) is 10.0. The molecule has 1 aromatic heterocycles. The van der Waals surface area contributed by atoms with Crippen molar-refractivity contribution in [1.29, 1.82) is 0 Å². The van der Waals surface area contributed by atoms with Gasteiger partial charge in [0.15, 0.2) is 0 Å². The lowest BCUT2D eigenvalue weighted by Gasteiger charge is -2.15. The van der Waals surface area contributed by atoms with Crippen molar-refractivity contribution in [2.24, 2.45) is 5.84 Å². The molecule has 2 aromatic rings. The summed E-state index contributed by atoms with van der Waals surface area (Å²) in [6.45, 7) is 6.08. The van der Waals surface area contributed by atoms with Gasteiger partial charge in [-0.05, 0) is 25.0 Å². The Morgan fingerprint density at radius 3 is 2.62 bits per heavy atom. The van der Waals surface area contributed by atoms with Crippen molar-refractivity contribution in [2.75, 3.05) is 5.43 Å². The molecule has 0 spiro atoms. The SMILES string of the molecule is Cc1nc(CSc2ccccc2F)nc(NN)c1C(C)C. The smallest absolute Gasteiger partial charge is 0.147 e. The van der Waals surface area contributed by atoms with Crippen molar-refractivity contribution in [3.63, 3.8) is 0 Å². The molecule has 6 heteroatoms. The van der Waals surface area contributed by atoms with Gasteiger partial charge in [0, 0.05) is 16.2 Å². The van der Waals surface area contributed by atoms with E-state index in [1.807, 2.05) is 13.0 Å². The maximum Gasteiger partial charge on any atom is 0.147 e. The minimum Gasteiger partial charge on any atom is -0.308 e. The van der Waals surface area contributed by atoms with Crippen LogP contribution < -0.4 is 11.3 Å². The third kappa shape index (κ3) is 3.71. The number of nitrogen functional groups attached to an aromatic ring is 1. The van der Waals surface area contributed by atoms with Crippen LogP contribution in [0, 0.1) is 12.7 Å². The summed E-state index contributed by atoms with van der Waals surface area (Å²) < 4.78 is 13.6. The molecule has 1 aromatic carbocycles. The van der Waals surface area contributed by atoms with Crippen molar-refractivity contribution in [1.82, 2.24) is 9.97 Å². The van der Waals surface area contributed by atoms with Crippen molar-refractivity contribution in [3.8, 4) is 0 Å². The Bertz CT molecular complexity index is 631. The summed E-state index contributed by atoms with van der Waals surface area (Å²) in [7, 11) is 0. The Labute approximate surface area is 128 Å². The predicted octanol–water partition coefficient (Wildman–Crippen LogP) is 3.63. The van der Waals surface area contributed by atoms with E-state index >= 15 is 0 Å². The molecule has 0 atom stereocenters. The molecule has 21 heavy (non-hydrogen) atoms. The Kier molecular flexibility index (Phi) is 5.14. The second-order valence-electron chi connectivity index (χ2n) is 5.01. The molecule has 112 valence electrons. The van der Waals surface area contributed by atoms with Gasteiger partial charge in [-0.3, -0.25) is 0 Å². The highest BCUT2D eigenvalue weighted by Crippen LogP contribution is 2.28. The van der Waals surface area contributed by atoms with Gasteiger partial charge in [-0.25, -0.2) is 20.2 Å². The van der Waals surface area contributed by atoms with Gasteiger partial charge in [0.1, 0.15) is 17.5 Å². The maximum absolute atomic E-state index is 13.6. The van der Waals surface area contributed by atoms with Crippen molar-refractivity contribution in [2.45, 2.75) is 37.3 Å². The predicted molar refractivity (Wildman–Crippen MR) is 84.6 cm³/mol. The van der Waals surface area contributed by atoms with Crippen LogP contribution in [-0.4, -0.2) is 9.97 Å². The molecule has 0 saturated heterocycles. The van der Waals surface area contributed by atoms with Gasteiger partial charge >= 0.3 is 0 Å². The van der Waals surface area contributed by atoms with E-state index in [0.717, 1.165) is 11.3 Å². The van der Waals surface area contributed by atoms with E-state index in [9.17, 15) is 4.39 Å². The van der Waals surface area contributed by atoms with Crippen molar-refractivity contribution >= 4 is 17.6 Å². The number of halogens is 1. The molecule has 0 aliphatic rings. The normalized spacial score (nSPS) is 11.0. The maximum atomic E-state index is 13.6. The quantitative estimate of drug-likeness (QED) is 0.502. The molecule has 0 bridgehead atoms. The fraction of sp³-hybridized carbons (Fsp3) is 0.333. The van der Waals surface area contributed by atoms with Gasteiger partial charge in [-0.15, -0.1) is 11.8 Å². The first-order valence-electron chi connectivity index (χ1n) is 6.74. The second kappa shape index (κ2) is 6.87. The number of nitrogens with one attached hydrogen (secondary N) is 1. The third-order valence-electron chi connectivity index (χ3n) is 3.09. The number of aromatic nitrogens is 2. The molecule has 0 amide bonds. The summed E-state index contributed by atoms with van der Waals surface area (Å²) >= 11 is 1.37. The molecule has 0 fully saturated rings. The lowest BCUT2D eigenvalue weighted by molar-refractivity contribution is 0.602. The summed E-state index contributed by atoms with van der Waals surface area (Å²) in [5.74, 6) is 7.38. The highest BCUT2D eigenvalue weighted by atomic mass is 32.2. The van der Waals surface area contributed by atoms with Gasteiger partial charge in [0.2, 0.25) is 0 Å². The van der Waals surface area contributed by atoms with Crippen LogP contribution in [0.5, 0.6) is 0 Å². The standard InChI is InChI=1S/C15H19FN4S/c1-9(2)14-10(3)18-13(19-15(14)20-17)8-21-12-7-5-4-6-11(12)16/h4-7,9H,8,17H2,1-3H3,(H,18,19,20). The number of aryl methyl sites for hydroxylation is 1. The Morgan fingerprint density at radius 2 is 2.00 bits per heavy atom. The van der Waals surface area contributed by atoms with Crippen molar-refractivity contribution < 1.29 is 4.39 Å². The Morgan fingerprint density at radius 1 is 1.29 bits per heavy atom. The second-order valence-corrected chi connectivity index (χ2v) is 6.02. The summed E-state index contributed by atoms with van der Waals surface area (Å²) in [6, 6.07) is 6.68. The number of hydrazine groups is 1. The molecule has 0 radical (unpaired) electrons. The number of hydrogen-bond donors (Lipinski definition) is 2. The zero-order chi connectivity index (χ0) is 15.4. The summed E-state index contributed by atoms with van der Waals surface area (Å²) in [5, 5.41) is 0. The summed E-state index contributed by atoms with van der Waals surface area (Å²) in [5.41, 5.74) is 4.54. The van der Waals surface area contributed by atoms with E-state index in [1.54, 1.807) is 12.1 Å². The van der Waals surface area contributed by atoms with Crippen LogP contribution >= 0.6 is 11.8 Å². The van der Waals surface area contributed by atoms with Crippen LogP contribution in [0.15, 0.2) is 29.2 Å². The fourth-order valence-corrected chi connectivity index (χ4v) is 3.00. The Balaban J connectivity index is 2.22. The molecule has 1 heterocycles. The Hall–Kier alpha value is -1.66. The number of benzene rings is 1. The highest BCUT2D eigenvalue weighted by Gasteiger charge is 2.14. The van der Waals surface area contributed by atoms with E-state index in [-0.39, 0.29) is 11.7 Å². The number of hydrogen-bond acceptors (Lipinski definition) is 5. The highest BCUT2D eigenvalue weighted by molar-refractivity contribution is 7.98. The molecular formula is C15H19FN4S. The average Bonchev–Trinajstić information content (AvgIpc) is 2.45. The van der Waals surface area contributed by atoms with Crippen LogP contribution in [-0.2, 0) is 5.75 Å². The van der Waals surface area contributed by atoms with Crippen LogP contribution in [0.1, 0.15) is 36.8 Å². The number of nitrogens with zero attached hydrogens (tertiary/aromatic N) is 2. The average molecular weight is 306 g/mol. The van der Waals surface area contributed by atoms with E-state index < -0.39 is 0 Å². The van der Waals surface area contributed by atoms with Crippen molar-refractivity contribution in [3.05, 3.63) is 47.2 Å². The van der Waals surface area contributed by atoms with E-state index in [4.69, 9.17) is 5.84 Å². The first kappa shape index (κ1) is 15.7. The van der Waals surface area contributed by atoms with Gasteiger partial charge < -0.3 is 5.43 Å². The molecule has 0 aliphatic carbocycles. The summed E-state index contributed by atoms with van der Waals surface area (Å²) in [6.07, 6.45) is 0. The number of anilines is 1. The number of rotatable bonds is 5. The minimum atomic E-state index is -0.227. The molecule has 3 N–H and O–H groups in total. The molecular weight excluding hydrogens is 287 g/mol. The molecule has 4 nitrogen and oxygen atoms in total. The first-order valence-corrected chi connectivity index (χ1v) is 7.72. The van der Waals surface area contributed by atoms with E-state index in [2.05, 4.69) is 29.2 Å². The monoisotopic (exact) mass is 306 g/mol. The molecule has 2 rings (SSSR count). The van der Waals surface area contributed by atoms with E-state index in [0.29, 0.717) is 22.3 Å². The fourth-order valence-electron chi connectivity index (χ4n) is 2.21. The lowest BCUT2D eigenvalue weighted by Crippen LogP contribution is -2.15. The molecule has 0 aliphatic heterocycles. The van der Waals surface area contributed by atoms with Gasteiger partial charge in [0.05, 0.1) is 5.75 Å². The van der Waals surface area contributed by atoms with Gasteiger partial charge in [-0.1, -0.05) is 26.0 Å². The summed E-state index contributed by atoms with van der Waals surface area (Å²) in [4.78, 5) is 9.52. The lowest BCUT2D eigenvalue weighted by atomic mass is 10.0. The van der Waals surface area contributed by atoms with Crippen LogP contribution in [0.3, 0.4) is 0 Å². The topological polar surface area (TPSA) is 63.8 Å². The number of thioether (sulfide) groups is 1. The third-order valence-corrected chi connectivity index (χ3v) is 4.13. The number of nitrogens with two attached hydrogens (primary N) is 1. The zero-order valence-corrected chi connectivity index (χ0v) is 13.2. The minimum absolute atomic E-state index is 0.227. The van der Waals surface area contributed by atoms with Crippen LogP contribution in [0.2, 0.25) is 0 Å². The zero-order valence-electron chi connectivity index (χ0n) is 12.4. The van der Waals surface area contributed by atoms with Gasteiger partial charge in [-0.2, -0.15) is 0 Å². The van der Waals surface area contributed by atoms with Crippen LogP contribution in [0.25, 0.3) is 0 Å². The van der Waals surface area contributed by atoms with Gasteiger partial charge in [0.25, 0.3) is 0 Å². The van der Waals surface area contributed by atoms with E-state index in [1.165, 1.54) is 17.8 Å². The van der Waals surface area contributed by atoms with Crippen LogP contribution in [0.4, 0.5) is 10.2 Å².